The highest BCUT2D eigenvalue weighted by atomic mass is 35.6. The highest BCUT2D eigenvalue weighted by Crippen LogP contribution is 2.34. The maximum Gasteiger partial charge on any atom is 0.194 e. The Morgan fingerprint density at radius 3 is 2.31 bits per heavy atom. The van der Waals surface area contributed by atoms with Crippen molar-refractivity contribution in [3.05, 3.63) is 34.3 Å². The van der Waals surface area contributed by atoms with E-state index in [0.29, 0.717) is 11.4 Å². The Kier molecular flexibility index (Phi) is 3.76. The largest absolute Gasteiger partial charge is 0.194 e. The molecule has 72 valence electrons. The molecule has 1 aromatic rings. The fourth-order valence-corrected chi connectivity index (χ4v) is 1.78. The molecule has 0 bridgehead atoms. The van der Waals surface area contributed by atoms with E-state index in [4.69, 9.17) is 46.4 Å². The van der Waals surface area contributed by atoms with Gasteiger partial charge in [0.05, 0.1) is 0 Å². The predicted molar refractivity (Wildman–Crippen MR) is 60.2 cm³/mol. The third-order valence-electron chi connectivity index (χ3n) is 1.73. The standard InChI is InChI=1S/C9H8Cl4/c1-6-3-2-4-8(10)7(6)5-9(11,12)13/h2-4H,5H2,1H3. The van der Waals surface area contributed by atoms with Crippen LogP contribution in [-0.4, -0.2) is 3.79 Å². The third-order valence-corrected chi connectivity index (χ3v) is 2.49. The van der Waals surface area contributed by atoms with Gasteiger partial charge in [-0.15, -0.1) is 0 Å². The van der Waals surface area contributed by atoms with E-state index in [9.17, 15) is 0 Å². The Morgan fingerprint density at radius 1 is 1.23 bits per heavy atom. The van der Waals surface area contributed by atoms with Gasteiger partial charge in [0.1, 0.15) is 0 Å². The molecular weight excluding hydrogens is 250 g/mol. The molecule has 0 spiro atoms. The van der Waals surface area contributed by atoms with Gasteiger partial charge in [-0.05, 0) is 24.1 Å². The summed E-state index contributed by atoms with van der Waals surface area (Å²) >= 11 is 23.0. The number of rotatable bonds is 1. The summed E-state index contributed by atoms with van der Waals surface area (Å²) in [4.78, 5) is 0. The summed E-state index contributed by atoms with van der Waals surface area (Å²) in [5, 5.41) is 0.645. The van der Waals surface area contributed by atoms with E-state index in [0.717, 1.165) is 11.1 Å². The van der Waals surface area contributed by atoms with E-state index < -0.39 is 3.79 Å². The number of halogens is 4. The number of hydrogen-bond acceptors (Lipinski definition) is 0. The van der Waals surface area contributed by atoms with Crippen LogP contribution >= 0.6 is 46.4 Å². The molecule has 4 heteroatoms. The van der Waals surface area contributed by atoms with Gasteiger partial charge >= 0.3 is 0 Å². The lowest BCUT2D eigenvalue weighted by atomic mass is 10.1. The first-order valence-electron chi connectivity index (χ1n) is 3.71. The number of hydrogen-bond donors (Lipinski definition) is 0. The molecule has 0 heterocycles. The van der Waals surface area contributed by atoms with Gasteiger partial charge in [0.15, 0.2) is 3.79 Å². The fourth-order valence-electron chi connectivity index (χ4n) is 1.09. The Hall–Kier alpha value is 0.380. The zero-order valence-electron chi connectivity index (χ0n) is 6.95. The smallest absolute Gasteiger partial charge is 0.0840 e. The lowest BCUT2D eigenvalue weighted by molar-refractivity contribution is 1.00. The molecule has 0 nitrogen and oxygen atoms in total. The third kappa shape index (κ3) is 3.55. The van der Waals surface area contributed by atoms with Crippen molar-refractivity contribution >= 4 is 46.4 Å². The van der Waals surface area contributed by atoms with Crippen molar-refractivity contribution < 1.29 is 0 Å². The molecule has 0 amide bonds. The van der Waals surface area contributed by atoms with Crippen LogP contribution in [0.3, 0.4) is 0 Å². The molecule has 0 aliphatic heterocycles. The number of aryl methyl sites for hydroxylation is 1. The minimum absolute atomic E-state index is 0.336. The van der Waals surface area contributed by atoms with E-state index >= 15 is 0 Å². The van der Waals surface area contributed by atoms with E-state index in [1.807, 2.05) is 19.1 Å². The number of benzene rings is 1. The van der Waals surface area contributed by atoms with Crippen LogP contribution in [-0.2, 0) is 6.42 Å². The normalized spacial score (nSPS) is 11.8. The van der Waals surface area contributed by atoms with Gasteiger partial charge in [-0.1, -0.05) is 58.5 Å². The molecule has 0 saturated carbocycles. The molecule has 0 fully saturated rings. The molecule has 13 heavy (non-hydrogen) atoms. The average Bonchev–Trinajstić information content (AvgIpc) is 1.95. The molecule has 0 aliphatic rings. The van der Waals surface area contributed by atoms with E-state index in [1.54, 1.807) is 6.07 Å². The number of alkyl halides is 3. The zero-order chi connectivity index (χ0) is 10.1. The lowest BCUT2D eigenvalue weighted by Gasteiger charge is -2.13. The van der Waals surface area contributed by atoms with Crippen molar-refractivity contribution in [2.45, 2.75) is 17.1 Å². The summed E-state index contributed by atoms with van der Waals surface area (Å²) in [5.74, 6) is 0. The molecule has 1 aromatic carbocycles. The molecule has 0 radical (unpaired) electrons. The van der Waals surface area contributed by atoms with Crippen molar-refractivity contribution in [3.8, 4) is 0 Å². The Balaban J connectivity index is 3.00. The fraction of sp³-hybridized carbons (Fsp3) is 0.333. The Labute approximate surface area is 97.7 Å². The highest BCUT2D eigenvalue weighted by molar-refractivity contribution is 6.67. The van der Waals surface area contributed by atoms with Crippen LogP contribution in [0.2, 0.25) is 5.02 Å². The van der Waals surface area contributed by atoms with E-state index in [-0.39, 0.29) is 0 Å². The second kappa shape index (κ2) is 4.27. The van der Waals surface area contributed by atoms with E-state index in [1.165, 1.54) is 0 Å². The average molecular weight is 258 g/mol. The van der Waals surface area contributed by atoms with Crippen LogP contribution in [0.1, 0.15) is 11.1 Å². The first-order valence-corrected chi connectivity index (χ1v) is 5.22. The first-order chi connectivity index (χ1) is 5.90. The minimum atomic E-state index is -1.28. The first kappa shape index (κ1) is 11.5. The van der Waals surface area contributed by atoms with Crippen molar-refractivity contribution in [2.75, 3.05) is 0 Å². The van der Waals surface area contributed by atoms with Crippen LogP contribution in [0, 0.1) is 6.92 Å². The second-order valence-corrected chi connectivity index (χ2v) is 5.75. The molecule has 1 rings (SSSR count). The van der Waals surface area contributed by atoms with Crippen molar-refractivity contribution in [1.29, 1.82) is 0 Å². The summed E-state index contributed by atoms with van der Waals surface area (Å²) in [7, 11) is 0. The molecule has 0 atom stereocenters. The summed E-state index contributed by atoms with van der Waals surface area (Å²) in [6.07, 6.45) is 0.336. The molecule has 0 aliphatic carbocycles. The maximum atomic E-state index is 5.96. The van der Waals surface area contributed by atoms with Crippen LogP contribution in [0.25, 0.3) is 0 Å². The van der Waals surface area contributed by atoms with Crippen molar-refractivity contribution in [2.24, 2.45) is 0 Å². The van der Waals surface area contributed by atoms with Crippen molar-refractivity contribution in [1.82, 2.24) is 0 Å². The van der Waals surface area contributed by atoms with Crippen LogP contribution < -0.4 is 0 Å². The topological polar surface area (TPSA) is 0 Å². The highest BCUT2D eigenvalue weighted by Gasteiger charge is 2.22. The molecule has 0 N–H and O–H groups in total. The minimum Gasteiger partial charge on any atom is -0.0840 e. The Bertz CT molecular complexity index is 281. The summed E-state index contributed by atoms with van der Waals surface area (Å²) in [5.41, 5.74) is 1.93. The van der Waals surface area contributed by atoms with Crippen LogP contribution in [0.15, 0.2) is 18.2 Å². The van der Waals surface area contributed by atoms with Gasteiger partial charge in [0.2, 0.25) is 0 Å². The molecule has 0 saturated heterocycles. The zero-order valence-corrected chi connectivity index (χ0v) is 9.97. The van der Waals surface area contributed by atoms with Crippen LogP contribution in [0.5, 0.6) is 0 Å². The van der Waals surface area contributed by atoms with E-state index in [2.05, 4.69) is 0 Å². The summed E-state index contributed by atoms with van der Waals surface area (Å²) < 4.78 is -1.28. The molecular formula is C9H8Cl4. The molecule has 0 aromatic heterocycles. The predicted octanol–water partition coefficient (Wildman–Crippen LogP) is 4.56. The summed E-state index contributed by atoms with van der Waals surface area (Å²) in [6, 6.07) is 5.61. The van der Waals surface area contributed by atoms with Gasteiger partial charge in [-0.25, -0.2) is 0 Å². The Morgan fingerprint density at radius 2 is 1.85 bits per heavy atom. The SMILES string of the molecule is Cc1cccc(Cl)c1CC(Cl)(Cl)Cl. The monoisotopic (exact) mass is 256 g/mol. The quantitative estimate of drug-likeness (QED) is 0.647. The molecule has 0 unspecified atom stereocenters. The van der Waals surface area contributed by atoms with Gasteiger partial charge in [0.25, 0.3) is 0 Å². The van der Waals surface area contributed by atoms with Gasteiger partial charge in [0, 0.05) is 11.4 Å². The maximum absolute atomic E-state index is 5.96. The van der Waals surface area contributed by atoms with Gasteiger partial charge < -0.3 is 0 Å². The second-order valence-electron chi connectivity index (χ2n) is 2.83. The lowest BCUT2D eigenvalue weighted by Crippen LogP contribution is -2.08. The summed E-state index contributed by atoms with van der Waals surface area (Å²) in [6.45, 7) is 1.94. The van der Waals surface area contributed by atoms with Gasteiger partial charge in [-0.3, -0.25) is 0 Å². The van der Waals surface area contributed by atoms with Crippen LogP contribution in [0.4, 0.5) is 0 Å². The van der Waals surface area contributed by atoms with Crippen molar-refractivity contribution in [3.63, 3.8) is 0 Å². The van der Waals surface area contributed by atoms with Gasteiger partial charge in [-0.2, -0.15) is 0 Å².